The molecule has 6 heteroatoms. The van der Waals surface area contributed by atoms with Gasteiger partial charge in [-0.3, -0.25) is 9.69 Å². The van der Waals surface area contributed by atoms with Crippen LogP contribution in [0, 0.1) is 5.82 Å². The third-order valence-corrected chi connectivity index (χ3v) is 5.89. The van der Waals surface area contributed by atoms with Crippen LogP contribution in [0.15, 0.2) is 48.8 Å². The lowest BCUT2D eigenvalue weighted by molar-refractivity contribution is 0.101. The Morgan fingerprint density at radius 2 is 1.80 bits per heavy atom. The van der Waals surface area contributed by atoms with Gasteiger partial charge in [0.2, 0.25) is 0 Å². The van der Waals surface area contributed by atoms with Crippen LogP contribution in [0.5, 0.6) is 0 Å². The number of hydrogen-bond donors (Lipinski definition) is 0. The van der Waals surface area contributed by atoms with E-state index in [4.69, 9.17) is 0 Å². The minimum atomic E-state index is -0.179. The summed E-state index contributed by atoms with van der Waals surface area (Å²) in [5.41, 5.74) is 2.81. The number of carbonyl (C=O) groups excluding carboxylic acids is 1. The molecule has 0 spiro atoms. The molecule has 1 saturated heterocycles. The van der Waals surface area contributed by atoms with E-state index in [1.165, 1.54) is 12.1 Å². The van der Waals surface area contributed by atoms with E-state index in [1.54, 1.807) is 13.1 Å². The van der Waals surface area contributed by atoms with Crippen molar-refractivity contribution in [2.75, 3.05) is 32.7 Å². The van der Waals surface area contributed by atoms with E-state index in [9.17, 15) is 9.18 Å². The van der Waals surface area contributed by atoms with Crippen molar-refractivity contribution in [3.8, 4) is 0 Å². The summed E-state index contributed by atoms with van der Waals surface area (Å²) in [6, 6.07) is 10.7. The van der Waals surface area contributed by atoms with Gasteiger partial charge in [-0.05, 0) is 69.2 Å². The quantitative estimate of drug-likeness (QED) is 0.555. The van der Waals surface area contributed by atoms with Crippen molar-refractivity contribution < 1.29 is 9.18 Å². The molecule has 3 aromatic rings. The molecule has 3 heterocycles. The first-order valence-electron chi connectivity index (χ1n) is 10.7. The highest BCUT2D eigenvalue weighted by Crippen LogP contribution is 2.20. The fourth-order valence-corrected chi connectivity index (χ4v) is 4.29. The van der Waals surface area contributed by atoms with E-state index in [2.05, 4.69) is 19.4 Å². The summed E-state index contributed by atoms with van der Waals surface area (Å²) in [4.78, 5) is 21.4. The minimum Gasteiger partial charge on any atom is -0.332 e. The molecule has 158 valence electrons. The van der Waals surface area contributed by atoms with Crippen molar-refractivity contribution in [2.24, 2.45) is 0 Å². The van der Waals surface area contributed by atoms with Crippen LogP contribution >= 0.6 is 0 Å². The summed E-state index contributed by atoms with van der Waals surface area (Å²) in [5.74, 6) is -0.0950. The lowest BCUT2D eigenvalue weighted by Crippen LogP contribution is -2.31. The lowest BCUT2D eigenvalue weighted by Gasteiger charge is -2.22. The third kappa shape index (κ3) is 4.94. The Hall–Kier alpha value is -2.57. The van der Waals surface area contributed by atoms with E-state index in [-0.39, 0.29) is 11.6 Å². The van der Waals surface area contributed by atoms with Gasteiger partial charge in [-0.1, -0.05) is 12.1 Å². The van der Waals surface area contributed by atoms with Crippen LogP contribution in [-0.2, 0) is 13.1 Å². The van der Waals surface area contributed by atoms with Crippen LogP contribution in [0.1, 0.15) is 35.7 Å². The number of hydrogen-bond acceptors (Lipinski definition) is 4. The second-order valence-electron chi connectivity index (χ2n) is 8.12. The first-order chi connectivity index (χ1) is 14.6. The monoisotopic (exact) mass is 408 g/mol. The summed E-state index contributed by atoms with van der Waals surface area (Å²) >= 11 is 0. The van der Waals surface area contributed by atoms with Crippen LogP contribution in [0.25, 0.3) is 11.0 Å². The predicted octanol–water partition coefficient (Wildman–Crippen LogP) is 3.98. The normalized spacial score (nSPS) is 16.1. The maximum absolute atomic E-state index is 13.1. The summed E-state index contributed by atoms with van der Waals surface area (Å²) in [5, 5.41) is 0.941. The fourth-order valence-electron chi connectivity index (χ4n) is 4.29. The molecule has 0 bridgehead atoms. The number of halogens is 1. The van der Waals surface area contributed by atoms with Gasteiger partial charge in [0, 0.05) is 49.5 Å². The van der Waals surface area contributed by atoms with Crippen molar-refractivity contribution >= 4 is 16.8 Å². The van der Waals surface area contributed by atoms with Crippen molar-refractivity contribution in [3.05, 3.63) is 65.7 Å². The maximum atomic E-state index is 13.1. The molecule has 30 heavy (non-hydrogen) atoms. The number of aromatic nitrogens is 2. The number of nitrogens with zero attached hydrogens (tertiary/aromatic N) is 4. The SMILES string of the molecule is CC(=O)c1cn(CCCN2CCCN(Cc3ccc(F)cc3)CC2)c2ncccc12. The minimum absolute atomic E-state index is 0.0838. The van der Waals surface area contributed by atoms with Gasteiger partial charge in [0.25, 0.3) is 0 Å². The first kappa shape index (κ1) is 20.7. The molecule has 0 radical (unpaired) electrons. The van der Waals surface area contributed by atoms with Crippen LogP contribution in [-0.4, -0.2) is 57.9 Å². The molecule has 1 fully saturated rings. The summed E-state index contributed by atoms with van der Waals surface area (Å²) in [7, 11) is 0. The number of benzene rings is 1. The molecule has 0 atom stereocenters. The number of aryl methyl sites for hydroxylation is 1. The molecule has 1 aliphatic rings. The highest BCUT2D eigenvalue weighted by Gasteiger charge is 2.16. The molecule has 4 rings (SSSR count). The average Bonchev–Trinajstić information content (AvgIpc) is 2.97. The number of Topliss-reactive ketones (excluding diaryl/α,β-unsaturated/α-hetero) is 1. The van der Waals surface area contributed by atoms with Crippen molar-refractivity contribution in [1.82, 2.24) is 19.4 Å². The van der Waals surface area contributed by atoms with E-state index < -0.39 is 0 Å². The van der Waals surface area contributed by atoms with Crippen molar-refractivity contribution in [2.45, 2.75) is 32.9 Å². The van der Waals surface area contributed by atoms with Gasteiger partial charge in [0.15, 0.2) is 5.78 Å². The molecule has 1 aromatic carbocycles. The maximum Gasteiger partial charge on any atom is 0.162 e. The second kappa shape index (κ2) is 9.49. The van der Waals surface area contributed by atoms with Gasteiger partial charge in [0.1, 0.15) is 11.5 Å². The van der Waals surface area contributed by atoms with E-state index in [1.807, 2.05) is 30.5 Å². The highest BCUT2D eigenvalue weighted by molar-refractivity contribution is 6.06. The van der Waals surface area contributed by atoms with E-state index in [0.29, 0.717) is 0 Å². The lowest BCUT2D eigenvalue weighted by atomic mass is 10.2. The average molecular weight is 409 g/mol. The molecular weight excluding hydrogens is 379 g/mol. The topological polar surface area (TPSA) is 41.4 Å². The predicted molar refractivity (Wildman–Crippen MR) is 117 cm³/mol. The van der Waals surface area contributed by atoms with E-state index in [0.717, 1.165) is 80.8 Å². The van der Waals surface area contributed by atoms with Crippen LogP contribution in [0.4, 0.5) is 4.39 Å². The molecule has 0 amide bonds. The van der Waals surface area contributed by atoms with Crippen molar-refractivity contribution in [1.29, 1.82) is 0 Å². The van der Waals surface area contributed by atoms with Gasteiger partial charge in [-0.15, -0.1) is 0 Å². The number of rotatable bonds is 7. The number of carbonyl (C=O) groups is 1. The van der Waals surface area contributed by atoms with E-state index >= 15 is 0 Å². The summed E-state index contributed by atoms with van der Waals surface area (Å²) in [6.07, 6.45) is 5.90. The molecule has 0 aliphatic carbocycles. The molecule has 0 saturated carbocycles. The Balaban J connectivity index is 1.29. The third-order valence-electron chi connectivity index (χ3n) is 5.89. The molecule has 2 aromatic heterocycles. The van der Waals surface area contributed by atoms with Gasteiger partial charge >= 0.3 is 0 Å². The Morgan fingerprint density at radius 3 is 2.60 bits per heavy atom. The van der Waals surface area contributed by atoms with Crippen LogP contribution in [0.3, 0.4) is 0 Å². The largest absolute Gasteiger partial charge is 0.332 e. The molecule has 1 aliphatic heterocycles. The van der Waals surface area contributed by atoms with Crippen molar-refractivity contribution in [3.63, 3.8) is 0 Å². The Labute approximate surface area is 177 Å². The van der Waals surface area contributed by atoms with Gasteiger partial charge in [0.05, 0.1) is 0 Å². The zero-order valence-corrected chi connectivity index (χ0v) is 17.6. The molecular formula is C24H29FN4O. The zero-order valence-electron chi connectivity index (χ0n) is 17.6. The first-order valence-corrected chi connectivity index (χ1v) is 10.7. The van der Waals surface area contributed by atoms with Crippen LogP contribution in [0.2, 0.25) is 0 Å². The molecule has 0 N–H and O–H groups in total. The standard InChI is InChI=1S/C24H29FN4O/c1-19(30)23-18-29(24-22(23)5-2-10-26-24)14-4-12-27-11-3-13-28(16-15-27)17-20-6-8-21(25)9-7-20/h2,5-10,18H,3-4,11-17H2,1H3. The fraction of sp³-hybridized carbons (Fsp3) is 0.417. The number of pyridine rings is 1. The zero-order chi connectivity index (χ0) is 20.9. The van der Waals surface area contributed by atoms with Gasteiger partial charge in [-0.2, -0.15) is 0 Å². The van der Waals surface area contributed by atoms with Gasteiger partial charge < -0.3 is 9.47 Å². The summed E-state index contributed by atoms with van der Waals surface area (Å²) < 4.78 is 15.2. The smallest absolute Gasteiger partial charge is 0.162 e. The van der Waals surface area contributed by atoms with Crippen LogP contribution < -0.4 is 0 Å². The number of fused-ring (bicyclic) bond motifs is 1. The second-order valence-corrected chi connectivity index (χ2v) is 8.12. The Morgan fingerprint density at radius 1 is 1.03 bits per heavy atom. The molecule has 0 unspecified atom stereocenters. The van der Waals surface area contributed by atoms with Gasteiger partial charge in [-0.25, -0.2) is 9.37 Å². The number of ketones is 1. The Kier molecular flexibility index (Phi) is 6.55. The highest BCUT2D eigenvalue weighted by atomic mass is 19.1. The Bertz CT molecular complexity index is 998. The summed E-state index contributed by atoms with van der Waals surface area (Å²) in [6.45, 7) is 8.63. The molecule has 5 nitrogen and oxygen atoms in total.